The number of halogens is 1. The molecule has 2 aromatic carbocycles. The maximum atomic E-state index is 6.11. The number of nitrogens with zero attached hydrogens (tertiary/aromatic N) is 1. The summed E-state index contributed by atoms with van der Waals surface area (Å²) in [5.41, 5.74) is 4.95. The number of fused-ring (bicyclic) bond motifs is 1. The zero-order chi connectivity index (χ0) is 15.7. The molecule has 3 aromatic rings. The Bertz CT molecular complexity index is 846. The second-order valence-corrected chi connectivity index (χ2v) is 5.74. The number of ether oxygens (including phenoxy) is 1. The molecular formula is C18H17ClN2O. The Kier molecular flexibility index (Phi) is 3.90. The Morgan fingerprint density at radius 2 is 1.82 bits per heavy atom. The van der Waals surface area contributed by atoms with Crippen LogP contribution in [0.2, 0.25) is 5.02 Å². The molecule has 0 spiro atoms. The second kappa shape index (κ2) is 5.85. The van der Waals surface area contributed by atoms with Crippen LogP contribution in [0, 0.1) is 13.8 Å². The number of aryl methyl sites for hydroxylation is 2. The van der Waals surface area contributed by atoms with Gasteiger partial charge in [-0.3, -0.25) is 4.98 Å². The molecule has 4 heteroatoms. The number of benzene rings is 2. The average Bonchev–Trinajstić information content (AvgIpc) is 2.48. The predicted molar refractivity (Wildman–Crippen MR) is 92.5 cm³/mol. The fraction of sp³-hybridized carbons (Fsp3) is 0.167. The van der Waals surface area contributed by atoms with Gasteiger partial charge in [0, 0.05) is 21.8 Å². The molecule has 22 heavy (non-hydrogen) atoms. The molecule has 112 valence electrons. The third-order valence-electron chi connectivity index (χ3n) is 3.52. The molecule has 0 fully saturated rings. The third kappa shape index (κ3) is 2.85. The van der Waals surface area contributed by atoms with E-state index in [9.17, 15) is 0 Å². The summed E-state index contributed by atoms with van der Waals surface area (Å²) in [7, 11) is 1.65. The standard InChI is InChI=1S/C18H17ClN2O/c1-11-4-6-15-14(8-11)16(9-12(2)20-15)21-17-10-13(19)5-7-18(17)22-3/h4-10H,1-3H3,(H,20,21). The minimum absolute atomic E-state index is 0.662. The van der Waals surface area contributed by atoms with Gasteiger partial charge in [0.15, 0.2) is 0 Å². The van der Waals surface area contributed by atoms with Crippen LogP contribution in [0.25, 0.3) is 10.9 Å². The van der Waals surface area contributed by atoms with Crippen LogP contribution in [0.1, 0.15) is 11.3 Å². The summed E-state index contributed by atoms with van der Waals surface area (Å²) in [5.74, 6) is 0.750. The number of hydrogen-bond donors (Lipinski definition) is 1. The van der Waals surface area contributed by atoms with Crippen molar-refractivity contribution in [3.63, 3.8) is 0 Å². The fourth-order valence-electron chi connectivity index (χ4n) is 2.50. The molecular weight excluding hydrogens is 296 g/mol. The van der Waals surface area contributed by atoms with E-state index in [-0.39, 0.29) is 0 Å². The first kappa shape index (κ1) is 14.7. The lowest BCUT2D eigenvalue weighted by molar-refractivity contribution is 0.417. The van der Waals surface area contributed by atoms with E-state index in [1.54, 1.807) is 7.11 Å². The maximum absolute atomic E-state index is 6.11. The van der Waals surface area contributed by atoms with Crippen LogP contribution in [-0.4, -0.2) is 12.1 Å². The highest BCUT2D eigenvalue weighted by molar-refractivity contribution is 6.31. The summed E-state index contributed by atoms with van der Waals surface area (Å²) in [4.78, 5) is 4.58. The minimum atomic E-state index is 0.662. The van der Waals surface area contributed by atoms with Gasteiger partial charge in [0.2, 0.25) is 0 Å². The van der Waals surface area contributed by atoms with E-state index in [0.29, 0.717) is 5.02 Å². The van der Waals surface area contributed by atoms with Crippen molar-refractivity contribution in [2.45, 2.75) is 13.8 Å². The first-order chi connectivity index (χ1) is 10.6. The molecule has 0 bridgehead atoms. The lowest BCUT2D eigenvalue weighted by Gasteiger charge is -2.14. The van der Waals surface area contributed by atoms with Crippen LogP contribution in [-0.2, 0) is 0 Å². The van der Waals surface area contributed by atoms with Crippen molar-refractivity contribution in [2.24, 2.45) is 0 Å². The fourth-order valence-corrected chi connectivity index (χ4v) is 2.67. The molecule has 1 N–H and O–H groups in total. The molecule has 0 radical (unpaired) electrons. The van der Waals surface area contributed by atoms with Crippen molar-refractivity contribution in [3.05, 3.63) is 58.7 Å². The molecule has 3 nitrogen and oxygen atoms in total. The van der Waals surface area contributed by atoms with Crippen LogP contribution in [0.15, 0.2) is 42.5 Å². The van der Waals surface area contributed by atoms with Crippen molar-refractivity contribution in [1.82, 2.24) is 4.98 Å². The topological polar surface area (TPSA) is 34.1 Å². The molecule has 0 aliphatic heterocycles. The van der Waals surface area contributed by atoms with Crippen LogP contribution >= 0.6 is 11.6 Å². The van der Waals surface area contributed by atoms with Crippen molar-refractivity contribution in [2.75, 3.05) is 12.4 Å². The van der Waals surface area contributed by atoms with E-state index in [4.69, 9.17) is 16.3 Å². The number of aromatic nitrogens is 1. The lowest BCUT2D eigenvalue weighted by Crippen LogP contribution is -1.97. The van der Waals surface area contributed by atoms with Gasteiger partial charge in [0.1, 0.15) is 5.75 Å². The van der Waals surface area contributed by atoms with E-state index in [2.05, 4.69) is 29.4 Å². The van der Waals surface area contributed by atoms with Crippen LogP contribution in [0.5, 0.6) is 5.75 Å². The smallest absolute Gasteiger partial charge is 0.142 e. The van der Waals surface area contributed by atoms with Gasteiger partial charge in [-0.25, -0.2) is 0 Å². The summed E-state index contributed by atoms with van der Waals surface area (Å²) in [6.45, 7) is 4.06. The van der Waals surface area contributed by atoms with E-state index >= 15 is 0 Å². The molecule has 0 unspecified atom stereocenters. The summed E-state index contributed by atoms with van der Waals surface area (Å²) in [6.07, 6.45) is 0. The highest BCUT2D eigenvalue weighted by atomic mass is 35.5. The van der Waals surface area contributed by atoms with Gasteiger partial charge in [0.25, 0.3) is 0 Å². The maximum Gasteiger partial charge on any atom is 0.142 e. The molecule has 0 saturated carbocycles. The second-order valence-electron chi connectivity index (χ2n) is 5.30. The van der Waals surface area contributed by atoms with Crippen LogP contribution < -0.4 is 10.1 Å². The lowest BCUT2D eigenvalue weighted by atomic mass is 10.1. The Morgan fingerprint density at radius 1 is 1.00 bits per heavy atom. The van der Waals surface area contributed by atoms with Crippen molar-refractivity contribution in [3.8, 4) is 5.75 Å². The third-order valence-corrected chi connectivity index (χ3v) is 3.76. The van der Waals surface area contributed by atoms with Crippen LogP contribution in [0.4, 0.5) is 11.4 Å². The molecule has 1 aromatic heterocycles. The molecule has 0 aliphatic carbocycles. The Labute approximate surface area is 134 Å². The number of pyridine rings is 1. The number of nitrogens with one attached hydrogen (secondary N) is 1. The quantitative estimate of drug-likeness (QED) is 0.716. The Hall–Kier alpha value is -2.26. The molecule has 3 rings (SSSR count). The van der Waals surface area contributed by atoms with Gasteiger partial charge >= 0.3 is 0 Å². The number of anilines is 2. The molecule has 0 saturated heterocycles. The summed E-state index contributed by atoms with van der Waals surface area (Å²) in [6, 6.07) is 13.8. The number of hydrogen-bond acceptors (Lipinski definition) is 3. The highest BCUT2D eigenvalue weighted by Gasteiger charge is 2.09. The number of rotatable bonds is 3. The summed E-state index contributed by atoms with van der Waals surface area (Å²) in [5, 5.41) is 5.16. The van der Waals surface area contributed by atoms with Crippen LogP contribution in [0.3, 0.4) is 0 Å². The SMILES string of the molecule is COc1ccc(Cl)cc1Nc1cc(C)nc2ccc(C)cc12. The largest absolute Gasteiger partial charge is 0.495 e. The zero-order valence-electron chi connectivity index (χ0n) is 12.8. The normalized spacial score (nSPS) is 10.7. The first-order valence-electron chi connectivity index (χ1n) is 7.05. The van der Waals surface area contributed by atoms with Gasteiger partial charge < -0.3 is 10.1 Å². The monoisotopic (exact) mass is 312 g/mol. The minimum Gasteiger partial charge on any atom is -0.495 e. The van der Waals surface area contributed by atoms with Crippen molar-refractivity contribution < 1.29 is 4.74 Å². The number of methoxy groups -OCH3 is 1. The van der Waals surface area contributed by atoms with Gasteiger partial charge in [-0.1, -0.05) is 23.2 Å². The van der Waals surface area contributed by atoms with Crippen molar-refractivity contribution in [1.29, 1.82) is 0 Å². The average molecular weight is 313 g/mol. The van der Waals surface area contributed by atoms with Crippen molar-refractivity contribution >= 4 is 33.9 Å². The summed E-state index contributed by atoms with van der Waals surface area (Å²) >= 11 is 6.11. The van der Waals surface area contributed by atoms with Gasteiger partial charge in [0.05, 0.1) is 18.3 Å². The zero-order valence-corrected chi connectivity index (χ0v) is 13.5. The molecule has 1 heterocycles. The van der Waals surface area contributed by atoms with Gasteiger partial charge in [-0.05, 0) is 50.2 Å². The molecule has 0 atom stereocenters. The van der Waals surface area contributed by atoms with E-state index in [1.165, 1.54) is 5.56 Å². The predicted octanol–water partition coefficient (Wildman–Crippen LogP) is 5.26. The highest BCUT2D eigenvalue weighted by Crippen LogP contribution is 2.33. The first-order valence-corrected chi connectivity index (χ1v) is 7.43. The Morgan fingerprint density at radius 3 is 2.59 bits per heavy atom. The van der Waals surface area contributed by atoms with E-state index < -0.39 is 0 Å². The summed E-state index contributed by atoms with van der Waals surface area (Å²) < 4.78 is 5.40. The van der Waals surface area contributed by atoms with Gasteiger partial charge in [-0.15, -0.1) is 0 Å². The van der Waals surface area contributed by atoms with Gasteiger partial charge in [-0.2, -0.15) is 0 Å². The Balaban J connectivity index is 2.14. The molecule has 0 amide bonds. The van der Waals surface area contributed by atoms with E-state index in [0.717, 1.165) is 33.7 Å². The van der Waals surface area contributed by atoms with E-state index in [1.807, 2.05) is 37.3 Å². The molecule has 0 aliphatic rings.